The fraction of sp³-hybridized carbons (Fsp3) is 0.0800. The average molecular weight is 411 g/mol. The number of H-pyrrole nitrogens is 1. The van der Waals surface area contributed by atoms with Crippen LogP contribution in [0.15, 0.2) is 89.7 Å². The van der Waals surface area contributed by atoms with Crippen molar-refractivity contribution in [1.29, 1.82) is 0 Å². The van der Waals surface area contributed by atoms with Gasteiger partial charge in [-0.3, -0.25) is 9.59 Å². The van der Waals surface area contributed by atoms with E-state index in [1.165, 1.54) is 0 Å². The highest BCUT2D eigenvalue weighted by atomic mass is 16.5. The summed E-state index contributed by atoms with van der Waals surface area (Å²) in [6.45, 7) is 0.277. The molecule has 2 N–H and O–H groups in total. The number of benzene rings is 3. The molecule has 6 heteroatoms. The van der Waals surface area contributed by atoms with Crippen LogP contribution in [-0.2, 0) is 6.54 Å². The minimum absolute atomic E-state index is 0.0357. The Morgan fingerprint density at radius 1 is 0.903 bits per heavy atom. The topological polar surface area (TPSA) is 84.1 Å². The maximum Gasteiger partial charge on any atom is 0.277 e. The zero-order valence-corrected chi connectivity index (χ0v) is 17.0. The fourth-order valence-electron chi connectivity index (χ4n) is 3.37. The van der Waals surface area contributed by atoms with Crippen LogP contribution < -0.4 is 15.6 Å². The van der Waals surface area contributed by atoms with Gasteiger partial charge in [0.05, 0.1) is 12.8 Å². The lowest BCUT2D eigenvalue weighted by Gasteiger charge is -2.14. The third-order valence-corrected chi connectivity index (χ3v) is 4.93. The highest BCUT2D eigenvalue weighted by molar-refractivity contribution is 6.03. The molecule has 0 unspecified atom stereocenters. The first-order chi connectivity index (χ1) is 15.2. The first-order valence-corrected chi connectivity index (χ1v) is 9.82. The second kappa shape index (κ2) is 9.09. The first kappa shape index (κ1) is 20.1. The predicted octanol–water partition coefficient (Wildman–Crippen LogP) is 4.04. The number of carbonyl (C=O) groups excluding carboxylic acids is 1. The molecule has 31 heavy (non-hydrogen) atoms. The molecular formula is C25H21N3O3. The van der Waals surface area contributed by atoms with Crippen molar-refractivity contribution in [3.63, 3.8) is 0 Å². The number of carbonyl (C=O) groups is 1. The number of hydrogen-bond donors (Lipinski definition) is 2. The molecule has 154 valence electrons. The van der Waals surface area contributed by atoms with Gasteiger partial charge in [-0.1, -0.05) is 72.8 Å². The van der Waals surface area contributed by atoms with Crippen LogP contribution in [0.2, 0.25) is 0 Å². The van der Waals surface area contributed by atoms with Crippen molar-refractivity contribution < 1.29 is 9.53 Å². The molecule has 0 fully saturated rings. The summed E-state index contributed by atoms with van der Waals surface area (Å²) < 4.78 is 5.16. The molecule has 1 amide bonds. The Labute approximate surface area is 179 Å². The molecule has 0 aliphatic carbocycles. The third-order valence-electron chi connectivity index (χ3n) is 4.93. The molecule has 0 atom stereocenters. The Morgan fingerprint density at radius 2 is 1.52 bits per heavy atom. The Morgan fingerprint density at radius 3 is 2.13 bits per heavy atom. The van der Waals surface area contributed by atoms with Gasteiger partial charge in [0.1, 0.15) is 11.3 Å². The summed E-state index contributed by atoms with van der Waals surface area (Å²) in [5, 5.41) is 9.62. The highest BCUT2D eigenvalue weighted by Crippen LogP contribution is 2.31. The van der Waals surface area contributed by atoms with Gasteiger partial charge >= 0.3 is 0 Å². The Bertz CT molecular complexity index is 1230. The molecule has 3 aromatic carbocycles. The smallest absolute Gasteiger partial charge is 0.277 e. The average Bonchev–Trinajstić information content (AvgIpc) is 2.83. The summed E-state index contributed by atoms with van der Waals surface area (Å²) >= 11 is 0. The zero-order valence-electron chi connectivity index (χ0n) is 17.0. The van der Waals surface area contributed by atoms with Gasteiger partial charge in [0.15, 0.2) is 0 Å². The van der Waals surface area contributed by atoms with Gasteiger partial charge in [-0.05, 0) is 23.3 Å². The Hall–Kier alpha value is -4.19. The van der Waals surface area contributed by atoms with Gasteiger partial charge in [0.25, 0.3) is 11.5 Å². The van der Waals surface area contributed by atoms with Crippen molar-refractivity contribution in [1.82, 2.24) is 15.5 Å². The maximum absolute atomic E-state index is 13.2. The van der Waals surface area contributed by atoms with Crippen LogP contribution >= 0.6 is 0 Å². The highest BCUT2D eigenvalue weighted by Gasteiger charge is 2.22. The lowest BCUT2D eigenvalue weighted by atomic mass is 9.95. The minimum atomic E-state index is -0.536. The number of aromatic amines is 1. The monoisotopic (exact) mass is 411 g/mol. The number of hydrogen-bond acceptors (Lipinski definition) is 4. The summed E-state index contributed by atoms with van der Waals surface area (Å²) in [5.41, 5.74) is 2.99. The van der Waals surface area contributed by atoms with Gasteiger partial charge in [-0.2, -0.15) is 5.10 Å². The van der Waals surface area contributed by atoms with Crippen molar-refractivity contribution in [3.05, 3.63) is 106 Å². The molecule has 0 spiro atoms. The second-order valence-corrected chi connectivity index (χ2v) is 6.91. The van der Waals surface area contributed by atoms with Gasteiger partial charge in [-0.15, -0.1) is 0 Å². The zero-order chi connectivity index (χ0) is 21.6. The predicted molar refractivity (Wildman–Crippen MR) is 120 cm³/mol. The number of methoxy groups -OCH3 is 1. The lowest BCUT2D eigenvalue weighted by Crippen LogP contribution is -2.31. The van der Waals surface area contributed by atoms with Crippen LogP contribution in [0.3, 0.4) is 0 Å². The lowest BCUT2D eigenvalue weighted by molar-refractivity contribution is 0.0950. The third kappa shape index (κ3) is 4.38. The molecule has 0 aliphatic heterocycles. The molecule has 0 saturated heterocycles. The van der Waals surface area contributed by atoms with Crippen LogP contribution in [0.1, 0.15) is 15.9 Å². The number of aromatic nitrogens is 2. The van der Waals surface area contributed by atoms with Crippen LogP contribution in [0.4, 0.5) is 0 Å². The van der Waals surface area contributed by atoms with E-state index in [9.17, 15) is 9.59 Å². The van der Waals surface area contributed by atoms with Gasteiger partial charge in [0, 0.05) is 17.7 Å². The largest absolute Gasteiger partial charge is 0.497 e. The van der Waals surface area contributed by atoms with Crippen molar-refractivity contribution in [3.8, 4) is 28.1 Å². The summed E-state index contributed by atoms with van der Waals surface area (Å²) in [6.07, 6.45) is 0. The van der Waals surface area contributed by atoms with E-state index in [1.54, 1.807) is 7.11 Å². The van der Waals surface area contributed by atoms with Crippen LogP contribution in [0.25, 0.3) is 22.4 Å². The molecule has 1 heterocycles. The number of rotatable bonds is 6. The van der Waals surface area contributed by atoms with Crippen LogP contribution in [-0.4, -0.2) is 23.2 Å². The normalized spacial score (nSPS) is 10.5. The number of nitrogens with one attached hydrogen (secondary N) is 2. The number of ether oxygens (including phenoxy) is 1. The van der Waals surface area contributed by atoms with E-state index in [0.717, 1.165) is 22.4 Å². The molecule has 4 aromatic rings. The van der Waals surface area contributed by atoms with Crippen molar-refractivity contribution >= 4 is 5.91 Å². The van der Waals surface area contributed by atoms with Gasteiger partial charge in [-0.25, -0.2) is 5.10 Å². The van der Waals surface area contributed by atoms with E-state index in [4.69, 9.17) is 4.74 Å². The molecule has 1 aromatic heterocycles. The van der Waals surface area contributed by atoms with E-state index < -0.39 is 11.5 Å². The van der Waals surface area contributed by atoms with E-state index in [0.29, 0.717) is 11.3 Å². The maximum atomic E-state index is 13.2. The number of amides is 1. The quantitative estimate of drug-likeness (QED) is 0.502. The minimum Gasteiger partial charge on any atom is -0.497 e. The van der Waals surface area contributed by atoms with Crippen molar-refractivity contribution in [2.75, 3.05) is 7.11 Å². The van der Waals surface area contributed by atoms with Crippen molar-refractivity contribution in [2.45, 2.75) is 6.54 Å². The molecule has 0 radical (unpaired) electrons. The first-order valence-electron chi connectivity index (χ1n) is 9.82. The molecular weight excluding hydrogens is 390 g/mol. The number of nitrogens with zero attached hydrogens (tertiary/aromatic N) is 1. The van der Waals surface area contributed by atoms with E-state index in [2.05, 4.69) is 15.5 Å². The summed E-state index contributed by atoms with van der Waals surface area (Å²) in [7, 11) is 1.60. The molecule has 0 aliphatic rings. The fourth-order valence-corrected chi connectivity index (χ4v) is 3.37. The molecule has 0 bridgehead atoms. The van der Waals surface area contributed by atoms with Crippen LogP contribution in [0, 0.1) is 0 Å². The molecule has 6 nitrogen and oxygen atoms in total. The second-order valence-electron chi connectivity index (χ2n) is 6.91. The van der Waals surface area contributed by atoms with E-state index >= 15 is 0 Å². The van der Waals surface area contributed by atoms with Crippen LogP contribution in [0.5, 0.6) is 5.75 Å². The van der Waals surface area contributed by atoms with Gasteiger partial charge in [0.2, 0.25) is 0 Å². The Balaban J connectivity index is 1.75. The van der Waals surface area contributed by atoms with Crippen molar-refractivity contribution in [2.24, 2.45) is 0 Å². The molecule has 0 saturated carbocycles. The van der Waals surface area contributed by atoms with E-state index in [1.807, 2.05) is 84.9 Å². The standard InChI is InChI=1S/C25H21N3O3/c1-31-20-14-12-17(13-15-20)16-26-24(29)22-21(18-8-4-2-5-9-18)23(27-28-25(22)30)19-10-6-3-7-11-19/h2-15H,16H2,1H3,(H,26,29)(H,28,30). The summed E-state index contributed by atoms with van der Waals surface area (Å²) in [4.78, 5) is 25.9. The van der Waals surface area contributed by atoms with Gasteiger partial charge < -0.3 is 10.1 Å². The molecule has 4 rings (SSSR count). The van der Waals surface area contributed by atoms with E-state index in [-0.39, 0.29) is 12.1 Å². The SMILES string of the molecule is COc1ccc(CNC(=O)c2c(-c3ccccc3)c(-c3ccccc3)n[nH]c2=O)cc1. The summed E-state index contributed by atoms with van der Waals surface area (Å²) in [5.74, 6) is 0.273. The Kier molecular flexibility index (Phi) is 5.89. The summed E-state index contributed by atoms with van der Waals surface area (Å²) in [6, 6.07) is 26.2.